The summed E-state index contributed by atoms with van der Waals surface area (Å²) in [6, 6.07) is 12.2. The van der Waals surface area contributed by atoms with Gasteiger partial charge < -0.3 is 5.32 Å². The molecule has 0 saturated heterocycles. The Morgan fingerprint density at radius 1 is 1.14 bits per heavy atom. The normalized spacial score (nSPS) is 12.0. The minimum Gasteiger partial charge on any atom is -0.349 e. The highest BCUT2D eigenvalue weighted by Crippen LogP contribution is 2.19. The Morgan fingerprint density at radius 2 is 1.81 bits per heavy atom. The van der Waals surface area contributed by atoms with E-state index in [2.05, 4.69) is 23.5 Å². The third-order valence-electron chi connectivity index (χ3n) is 3.56. The predicted octanol–water partition coefficient (Wildman–Crippen LogP) is 3.86. The van der Waals surface area contributed by atoms with Crippen molar-refractivity contribution in [1.29, 1.82) is 0 Å². The Morgan fingerprint density at radius 3 is 2.48 bits per heavy atom. The predicted molar refractivity (Wildman–Crippen MR) is 82.6 cm³/mol. The van der Waals surface area contributed by atoms with Gasteiger partial charge in [0.1, 0.15) is 5.82 Å². The summed E-state index contributed by atoms with van der Waals surface area (Å²) in [5.74, 6) is -0.349. The van der Waals surface area contributed by atoms with Gasteiger partial charge in [-0.2, -0.15) is 0 Å². The van der Waals surface area contributed by atoms with E-state index >= 15 is 0 Å². The molecule has 0 aliphatic rings. The fourth-order valence-electron chi connectivity index (χ4n) is 2.38. The summed E-state index contributed by atoms with van der Waals surface area (Å²) >= 11 is 0. The average molecular weight is 285 g/mol. The molecule has 21 heavy (non-hydrogen) atoms. The number of aryl methyl sites for hydroxylation is 2. The molecule has 1 amide bonds. The van der Waals surface area contributed by atoms with E-state index in [9.17, 15) is 9.18 Å². The summed E-state index contributed by atoms with van der Waals surface area (Å²) in [6.45, 7) is 6.05. The van der Waals surface area contributed by atoms with Gasteiger partial charge in [0.05, 0.1) is 12.5 Å². The molecule has 0 saturated carbocycles. The van der Waals surface area contributed by atoms with Gasteiger partial charge in [0.25, 0.3) is 0 Å². The molecule has 2 nitrogen and oxygen atoms in total. The zero-order chi connectivity index (χ0) is 15.4. The van der Waals surface area contributed by atoms with E-state index in [1.807, 2.05) is 20.8 Å². The molecule has 0 aromatic heterocycles. The Labute approximate surface area is 125 Å². The van der Waals surface area contributed by atoms with Gasteiger partial charge in [0, 0.05) is 0 Å². The van der Waals surface area contributed by atoms with Crippen LogP contribution in [-0.4, -0.2) is 5.91 Å². The van der Waals surface area contributed by atoms with E-state index in [0.29, 0.717) is 0 Å². The number of hydrogen-bond acceptors (Lipinski definition) is 1. The molecule has 3 heteroatoms. The van der Waals surface area contributed by atoms with E-state index in [4.69, 9.17) is 0 Å². The number of hydrogen-bond donors (Lipinski definition) is 1. The third kappa shape index (κ3) is 4.15. The van der Waals surface area contributed by atoms with Gasteiger partial charge in [-0.15, -0.1) is 0 Å². The van der Waals surface area contributed by atoms with Gasteiger partial charge in [-0.05, 0) is 49.6 Å². The zero-order valence-electron chi connectivity index (χ0n) is 12.6. The van der Waals surface area contributed by atoms with Crippen molar-refractivity contribution in [3.63, 3.8) is 0 Å². The summed E-state index contributed by atoms with van der Waals surface area (Å²) in [5, 5.41) is 2.99. The van der Waals surface area contributed by atoms with E-state index < -0.39 is 0 Å². The molecule has 0 aliphatic heterocycles. The molecule has 1 N–H and O–H groups in total. The lowest BCUT2D eigenvalue weighted by atomic mass is 10.00. The summed E-state index contributed by atoms with van der Waals surface area (Å²) in [7, 11) is 0. The lowest BCUT2D eigenvalue weighted by Gasteiger charge is -2.17. The molecule has 0 aliphatic carbocycles. The molecular formula is C18H20FNO. The van der Waals surface area contributed by atoms with Crippen molar-refractivity contribution in [2.24, 2.45) is 0 Å². The standard InChI is InChI=1S/C18H20FNO/c1-12-4-5-13(2)17(10-12)14(3)20-18(21)11-15-6-8-16(19)9-7-15/h4-10,14H,11H2,1-3H3,(H,20,21)/t14-/m0/s1. The third-order valence-corrected chi connectivity index (χ3v) is 3.56. The van der Waals surface area contributed by atoms with Crippen LogP contribution in [0.2, 0.25) is 0 Å². The van der Waals surface area contributed by atoms with Crippen LogP contribution in [0, 0.1) is 19.7 Å². The highest BCUT2D eigenvalue weighted by Gasteiger charge is 2.12. The number of benzene rings is 2. The molecule has 0 unspecified atom stereocenters. The van der Waals surface area contributed by atoms with Crippen molar-refractivity contribution >= 4 is 5.91 Å². The molecule has 110 valence electrons. The fourth-order valence-corrected chi connectivity index (χ4v) is 2.38. The van der Waals surface area contributed by atoms with Gasteiger partial charge in [0.15, 0.2) is 0 Å². The summed E-state index contributed by atoms with van der Waals surface area (Å²) in [5.41, 5.74) is 4.27. The molecule has 0 spiro atoms. The average Bonchev–Trinajstić information content (AvgIpc) is 2.44. The van der Waals surface area contributed by atoms with Crippen LogP contribution in [0.4, 0.5) is 4.39 Å². The zero-order valence-corrected chi connectivity index (χ0v) is 12.6. The second kappa shape index (κ2) is 6.53. The lowest BCUT2D eigenvalue weighted by molar-refractivity contribution is -0.121. The maximum Gasteiger partial charge on any atom is 0.224 e. The number of halogens is 1. The van der Waals surface area contributed by atoms with Gasteiger partial charge >= 0.3 is 0 Å². The van der Waals surface area contributed by atoms with E-state index in [1.165, 1.54) is 17.7 Å². The number of carbonyl (C=O) groups is 1. The Kier molecular flexibility index (Phi) is 4.73. The number of nitrogens with one attached hydrogen (secondary N) is 1. The monoisotopic (exact) mass is 285 g/mol. The van der Waals surface area contributed by atoms with Crippen molar-refractivity contribution in [3.05, 3.63) is 70.5 Å². The second-order valence-electron chi connectivity index (χ2n) is 5.45. The molecule has 2 aromatic carbocycles. The van der Waals surface area contributed by atoms with Gasteiger partial charge in [-0.1, -0.05) is 35.9 Å². The summed E-state index contributed by atoms with van der Waals surface area (Å²) in [4.78, 5) is 12.1. The number of carbonyl (C=O) groups excluding carboxylic acids is 1. The van der Waals surface area contributed by atoms with Gasteiger partial charge in [-0.3, -0.25) is 4.79 Å². The van der Waals surface area contributed by atoms with Crippen molar-refractivity contribution in [3.8, 4) is 0 Å². The number of amides is 1. The molecule has 0 radical (unpaired) electrons. The van der Waals surface area contributed by atoms with E-state index in [0.717, 1.165) is 16.7 Å². The lowest BCUT2D eigenvalue weighted by Crippen LogP contribution is -2.28. The maximum atomic E-state index is 12.8. The largest absolute Gasteiger partial charge is 0.349 e. The molecule has 0 fully saturated rings. The SMILES string of the molecule is Cc1ccc(C)c([C@H](C)NC(=O)Cc2ccc(F)cc2)c1. The molecular weight excluding hydrogens is 265 g/mol. The molecule has 0 bridgehead atoms. The van der Waals surface area contributed by atoms with Gasteiger partial charge in [0.2, 0.25) is 5.91 Å². The quantitative estimate of drug-likeness (QED) is 0.908. The Bertz CT molecular complexity index is 634. The highest BCUT2D eigenvalue weighted by atomic mass is 19.1. The van der Waals surface area contributed by atoms with Crippen LogP contribution < -0.4 is 5.32 Å². The Balaban J connectivity index is 2.01. The minimum absolute atomic E-state index is 0.0437. The van der Waals surface area contributed by atoms with Crippen LogP contribution in [-0.2, 0) is 11.2 Å². The number of rotatable bonds is 4. The second-order valence-corrected chi connectivity index (χ2v) is 5.45. The summed E-state index contributed by atoms with van der Waals surface area (Å²) in [6.07, 6.45) is 0.259. The van der Waals surface area contributed by atoms with E-state index in [1.54, 1.807) is 12.1 Å². The molecule has 0 heterocycles. The first-order valence-electron chi connectivity index (χ1n) is 7.06. The van der Waals surface area contributed by atoms with Gasteiger partial charge in [-0.25, -0.2) is 4.39 Å². The maximum absolute atomic E-state index is 12.8. The van der Waals surface area contributed by atoms with Crippen LogP contribution in [0.3, 0.4) is 0 Å². The van der Waals surface area contributed by atoms with Crippen LogP contribution in [0.5, 0.6) is 0 Å². The first-order chi connectivity index (χ1) is 9.95. The van der Waals surface area contributed by atoms with Crippen LogP contribution in [0.15, 0.2) is 42.5 Å². The first kappa shape index (κ1) is 15.2. The molecule has 2 rings (SSSR count). The minimum atomic E-state index is -0.289. The van der Waals surface area contributed by atoms with E-state index in [-0.39, 0.29) is 24.2 Å². The smallest absolute Gasteiger partial charge is 0.224 e. The molecule has 2 aromatic rings. The first-order valence-corrected chi connectivity index (χ1v) is 7.06. The van der Waals surface area contributed by atoms with Crippen LogP contribution in [0.25, 0.3) is 0 Å². The van der Waals surface area contributed by atoms with Crippen LogP contribution in [0.1, 0.15) is 35.2 Å². The van der Waals surface area contributed by atoms with Crippen molar-refractivity contribution in [2.45, 2.75) is 33.2 Å². The molecule has 1 atom stereocenters. The van der Waals surface area contributed by atoms with Crippen molar-refractivity contribution in [2.75, 3.05) is 0 Å². The fraction of sp³-hybridized carbons (Fsp3) is 0.278. The topological polar surface area (TPSA) is 29.1 Å². The van der Waals surface area contributed by atoms with Crippen molar-refractivity contribution < 1.29 is 9.18 Å². The van der Waals surface area contributed by atoms with Crippen LogP contribution >= 0.6 is 0 Å². The highest BCUT2D eigenvalue weighted by molar-refractivity contribution is 5.79. The van der Waals surface area contributed by atoms with Crippen molar-refractivity contribution in [1.82, 2.24) is 5.32 Å². The summed E-state index contributed by atoms with van der Waals surface area (Å²) < 4.78 is 12.8. The Hall–Kier alpha value is -2.16.